The summed E-state index contributed by atoms with van der Waals surface area (Å²) >= 11 is 6.17. The Morgan fingerprint density at radius 2 is 1.70 bits per heavy atom. The molecule has 0 bridgehead atoms. The van der Waals surface area contributed by atoms with Crippen molar-refractivity contribution in [3.05, 3.63) is 82.4 Å². The van der Waals surface area contributed by atoms with Gasteiger partial charge in [0, 0.05) is 10.7 Å². The smallest absolute Gasteiger partial charge is 0.232 e. The molecule has 1 heterocycles. The highest BCUT2D eigenvalue weighted by molar-refractivity contribution is 6.30. The van der Waals surface area contributed by atoms with Crippen molar-refractivity contribution in [2.24, 2.45) is 0 Å². The lowest BCUT2D eigenvalue weighted by Crippen LogP contribution is -2.41. The van der Waals surface area contributed by atoms with Crippen molar-refractivity contribution in [1.29, 1.82) is 0 Å². The zero-order valence-corrected chi connectivity index (χ0v) is 20.1. The van der Waals surface area contributed by atoms with Gasteiger partial charge in [-0.05, 0) is 78.6 Å². The summed E-state index contributed by atoms with van der Waals surface area (Å²) in [5.74, 6) is 2.05. The number of hydrogen-bond acceptors (Lipinski definition) is 4. The molecule has 0 N–H and O–H groups in total. The van der Waals surface area contributed by atoms with Crippen molar-refractivity contribution in [2.75, 3.05) is 19.1 Å². The van der Waals surface area contributed by atoms with Gasteiger partial charge in [-0.1, -0.05) is 30.7 Å². The minimum absolute atomic E-state index is 0.00487. The van der Waals surface area contributed by atoms with E-state index in [-0.39, 0.29) is 24.5 Å². The van der Waals surface area contributed by atoms with Crippen LogP contribution in [0.4, 0.5) is 5.69 Å². The summed E-state index contributed by atoms with van der Waals surface area (Å²) in [6.45, 7) is 4.11. The fraction of sp³-hybridized carbons (Fsp3) is 0.296. The molecule has 6 heteroatoms. The van der Waals surface area contributed by atoms with E-state index in [0.29, 0.717) is 16.5 Å². The van der Waals surface area contributed by atoms with Crippen LogP contribution in [0.5, 0.6) is 17.2 Å². The van der Waals surface area contributed by atoms with Crippen LogP contribution in [0.15, 0.2) is 60.7 Å². The Morgan fingerprint density at radius 3 is 2.30 bits per heavy atom. The van der Waals surface area contributed by atoms with Gasteiger partial charge in [-0.2, -0.15) is 0 Å². The number of amides is 1. The lowest BCUT2D eigenvalue weighted by Gasteiger charge is -2.38. The Hall–Kier alpha value is -3.18. The maximum Gasteiger partial charge on any atom is 0.232 e. The van der Waals surface area contributed by atoms with Crippen LogP contribution in [0.1, 0.15) is 43.0 Å². The van der Waals surface area contributed by atoms with E-state index < -0.39 is 0 Å². The Labute approximate surface area is 199 Å². The van der Waals surface area contributed by atoms with Gasteiger partial charge >= 0.3 is 0 Å². The van der Waals surface area contributed by atoms with Crippen molar-refractivity contribution >= 4 is 23.2 Å². The summed E-state index contributed by atoms with van der Waals surface area (Å²) in [4.78, 5) is 15.3. The Balaban J connectivity index is 1.89. The van der Waals surface area contributed by atoms with Crippen LogP contribution < -0.4 is 19.1 Å². The van der Waals surface area contributed by atoms with Crippen LogP contribution in [-0.2, 0) is 11.2 Å². The van der Waals surface area contributed by atoms with Gasteiger partial charge in [0.2, 0.25) is 5.91 Å². The van der Waals surface area contributed by atoms with E-state index in [9.17, 15) is 4.79 Å². The highest BCUT2D eigenvalue weighted by atomic mass is 35.5. The molecule has 4 rings (SSSR count). The topological polar surface area (TPSA) is 48.0 Å². The van der Waals surface area contributed by atoms with Gasteiger partial charge in [0.15, 0.2) is 11.5 Å². The summed E-state index contributed by atoms with van der Waals surface area (Å²) in [6, 6.07) is 18.8. The summed E-state index contributed by atoms with van der Waals surface area (Å²) < 4.78 is 17.1. The van der Waals surface area contributed by atoms with Crippen LogP contribution >= 0.6 is 11.6 Å². The molecule has 3 aromatic rings. The number of carbonyl (C=O) groups is 1. The van der Waals surface area contributed by atoms with Crippen molar-refractivity contribution in [3.8, 4) is 17.2 Å². The van der Waals surface area contributed by atoms with Crippen molar-refractivity contribution in [2.45, 2.75) is 38.8 Å². The van der Waals surface area contributed by atoms with Crippen LogP contribution in [0, 0.1) is 0 Å². The molecule has 0 aliphatic carbocycles. The Kier molecular flexibility index (Phi) is 6.80. The third kappa shape index (κ3) is 4.64. The molecule has 2 atom stereocenters. The maximum atomic E-state index is 13.5. The van der Waals surface area contributed by atoms with Crippen LogP contribution in [-0.4, -0.2) is 26.2 Å². The normalized spacial score (nSPS) is 16.2. The van der Waals surface area contributed by atoms with E-state index in [0.717, 1.165) is 34.5 Å². The quantitative estimate of drug-likeness (QED) is 0.416. The van der Waals surface area contributed by atoms with E-state index in [1.165, 1.54) is 0 Å². The molecule has 1 aliphatic heterocycles. The monoisotopic (exact) mass is 465 g/mol. The average Bonchev–Trinajstić information content (AvgIpc) is 2.83. The molecule has 3 aromatic carbocycles. The van der Waals surface area contributed by atoms with Gasteiger partial charge in [0.05, 0.1) is 32.8 Å². The second-order valence-electron chi connectivity index (χ2n) is 8.13. The first-order chi connectivity index (χ1) is 15.9. The lowest BCUT2D eigenvalue weighted by atomic mass is 9.86. The Morgan fingerprint density at radius 1 is 1.00 bits per heavy atom. The zero-order valence-electron chi connectivity index (χ0n) is 19.3. The first-order valence-electron chi connectivity index (χ1n) is 11.0. The molecule has 0 saturated heterocycles. The molecule has 0 fully saturated rings. The van der Waals surface area contributed by atoms with Gasteiger partial charge in [-0.25, -0.2) is 0 Å². The van der Waals surface area contributed by atoms with Gasteiger partial charge in [0.25, 0.3) is 0 Å². The van der Waals surface area contributed by atoms with Crippen molar-refractivity contribution in [1.82, 2.24) is 0 Å². The highest BCUT2D eigenvalue weighted by Crippen LogP contribution is 2.44. The molecule has 0 spiro atoms. The molecule has 172 valence electrons. The third-order valence-electron chi connectivity index (χ3n) is 6.03. The predicted molar refractivity (Wildman–Crippen MR) is 131 cm³/mol. The second kappa shape index (κ2) is 9.75. The van der Waals surface area contributed by atoms with Crippen LogP contribution in [0.25, 0.3) is 0 Å². The fourth-order valence-electron chi connectivity index (χ4n) is 4.12. The molecule has 5 nitrogen and oxygen atoms in total. The van der Waals surface area contributed by atoms with Gasteiger partial charge in [-0.3, -0.25) is 4.79 Å². The molecule has 33 heavy (non-hydrogen) atoms. The van der Waals surface area contributed by atoms with Crippen molar-refractivity contribution < 1.29 is 19.0 Å². The van der Waals surface area contributed by atoms with Gasteiger partial charge in [-0.15, -0.1) is 0 Å². The van der Waals surface area contributed by atoms with Crippen LogP contribution in [0.3, 0.4) is 0 Å². The van der Waals surface area contributed by atoms with Gasteiger partial charge in [0.1, 0.15) is 5.75 Å². The summed E-state index contributed by atoms with van der Waals surface area (Å²) in [5.41, 5.74) is 3.70. The number of ether oxygens (including phenoxy) is 3. The van der Waals surface area contributed by atoms with E-state index in [1.54, 1.807) is 14.2 Å². The predicted octanol–water partition coefficient (Wildman–Crippen LogP) is 6.21. The minimum Gasteiger partial charge on any atom is -0.497 e. The maximum absolute atomic E-state index is 13.5. The number of rotatable bonds is 7. The number of fused-ring (bicyclic) bond motifs is 1. The average molecular weight is 466 g/mol. The molecule has 0 aromatic heterocycles. The van der Waals surface area contributed by atoms with E-state index in [4.69, 9.17) is 25.8 Å². The number of methoxy groups -OCH3 is 2. The third-order valence-corrected chi connectivity index (χ3v) is 6.28. The lowest BCUT2D eigenvalue weighted by molar-refractivity contribution is -0.118. The molecular formula is C27H28ClNO4. The number of hydrogen-bond donors (Lipinski definition) is 0. The Bertz CT molecular complexity index is 1130. The zero-order chi connectivity index (χ0) is 23.5. The largest absolute Gasteiger partial charge is 0.497 e. The highest BCUT2D eigenvalue weighted by Gasteiger charge is 2.36. The van der Waals surface area contributed by atoms with Crippen LogP contribution in [0.2, 0.25) is 5.02 Å². The summed E-state index contributed by atoms with van der Waals surface area (Å²) in [6.07, 6.45) is 1.18. The van der Waals surface area contributed by atoms with E-state index in [1.807, 2.05) is 72.5 Å². The molecule has 1 amide bonds. The molecule has 0 saturated carbocycles. The summed E-state index contributed by atoms with van der Waals surface area (Å²) in [5, 5.41) is 0.646. The number of anilines is 1. The summed E-state index contributed by atoms with van der Waals surface area (Å²) in [7, 11) is 3.25. The molecule has 0 radical (unpaired) electrons. The molecule has 1 aliphatic rings. The fourth-order valence-corrected chi connectivity index (χ4v) is 4.24. The molecule has 1 unspecified atom stereocenters. The number of nitrogens with zero attached hydrogens (tertiary/aromatic N) is 1. The number of halogens is 1. The standard InChI is InChI=1S/C27H28ClNO4/c1-5-17(2)33-25-16-23-19(14-24(25)32-4)15-26(30)29(21-10-12-22(31-3)13-11-21)27(23)18-6-8-20(28)9-7-18/h6-14,16-17,27H,5,15H2,1-4H3/t17?,27-/m1/s1. The molecular weight excluding hydrogens is 438 g/mol. The SMILES string of the molecule is CCC(C)Oc1cc2c(cc1OC)CC(=O)N(c1ccc(OC)cc1)[C@@H]2c1ccc(Cl)cc1. The second-order valence-corrected chi connectivity index (χ2v) is 8.57. The number of benzene rings is 3. The minimum atomic E-state index is -0.336. The van der Waals surface area contributed by atoms with E-state index in [2.05, 4.69) is 6.92 Å². The van der Waals surface area contributed by atoms with Crippen molar-refractivity contribution in [3.63, 3.8) is 0 Å². The first kappa shape index (κ1) is 23.0. The van der Waals surface area contributed by atoms with Gasteiger partial charge < -0.3 is 19.1 Å². The first-order valence-corrected chi connectivity index (χ1v) is 11.4. The number of carbonyl (C=O) groups excluding carboxylic acids is 1. The van der Waals surface area contributed by atoms with E-state index >= 15 is 0 Å².